The quantitative estimate of drug-likeness (QED) is 0.693. The Morgan fingerprint density at radius 3 is 2.67 bits per heavy atom. The van der Waals surface area contributed by atoms with Gasteiger partial charge in [-0.15, -0.1) is 0 Å². The zero-order valence-electron chi connectivity index (χ0n) is 14.1. The third kappa shape index (κ3) is 3.47. The second kappa shape index (κ2) is 7.36. The highest BCUT2D eigenvalue weighted by Crippen LogP contribution is 2.23. The number of nitrogens with zero attached hydrogens (tertiary/aromatic N) is 2. The highest BCUT2D eigenvalue weighted by molar-refractivity contribution is 7.98. The molecular formula is C19H20N2OS2. The first-order valence-electron chi connectivity index (χ1n) is 7.84. The van der Waals surface area contributed by atoms with E-state index in [2.05, 4.69) is 41.8 Å². The summed E-state index contributed by atoms with van der Waals surface area (Å²) in [4.78, 5) is 17.7. The van der Waals surface area contributed by atoms with Crippen molar-refractivity contribution in [1.29, 1.82) is 0 Å². The van der Waals surface area contributed by atoms with E-state index in [0.717, 1.165) is 17.1 Å². The van der Waals surface area contributed by atoms with E-state index in [-0.39, 0.29) is 5.91 Å². The molecule has 2 aromatic carbocycles. The second-order valence-electron chi connectivity index (χ2n) is 5.74. The molecule has 24 heavy (non-hydrogen) atoms. The van der Waals surface area contributed by atoms with Crippen LogP contribution in [0.15, 0.2) is 47.5 Å². The molecule has 0 aliphatic heterocycles. The first-order valence-corrected chi connectivity index (χ1v) is 10.0. The molecule has 0 fully saturated rings. The van der Waals surface area contributed by atoms with Gasteiger partial charge in [0.25, 0.3) is 5.91 Å². The molecule has 0 radical (unpaired) electrons. The maximum absolute atomic E-state index is 12.5. The summed E-state index contributed by atoms with van der Waals surface area (Å²) in [5, 5.41) is 0. The fraction of sp³-hybridized carbons (Fsp3) is 0.263. The summed E-state index contributed by atoms with van der Waals surface area (Å²) in [6.07, 6.45) is 2.09. The van der Waals surface area contributed by atoms with Gasteiger partial charge in [0.2, 0.25) is 0 Å². The first kappa shape index (κ1) is 17.0. The van der Waals surface area contributed by atoms with Gasteiger partial charge in [0.05, 0.1) is 10.2 Å². The van der Waals surface area contributed by atoms with Crippen LogP contribution >= 0.6 is 23.1 Å². The van der Waals surface area contributed by atoms with Crippen molar-refractivity contribution in [2.24, 2.45) is 4.99 Å². The third-order valence-corrected chi connectivity index (χ3v) is 5.67. The van der Waals surface area contributed by atoms with Crippen LogP contribution in [0.3, 0.4) is 0 Å². The van der Waals surface area contributed by atoms with Gasteiger partial charge in [-0.2, -0.15) is 16.8 Å². The number of thioether (sulfide) groups is 1. The molecule has 0 aliphatic rings. The van der Waals surface area contributed by atoms with Gasteiger partial charge in [-0.1, -0.05) is 35.6 Å². The van der Waals surface area contributed by atoms with E-state index in [1.54, 1.807) is 35.2 Å². The van der Waals surface area contributed by atoms with Gasteiger partial charge in [0.15, 0.2) is 4.80 Å². The lowest BCUT2D eigenvalue weighted by atomic mass is 10.1. The zero-order valence-corrected chi connectivity index (χ0v) is 15.7. The van der Waals surface area contributed by atoms with E-state index < -0.39 is 0 Å². The number of benzene rings is 2. The molecule has 1 amide bonds. The molecular weight excluding hydrogens is 336 g/mol. The van der Waals surface area contributed by atoms with Crippen LogP contribution < -0.4 is 4.80 Å². The molecule has 1 heterocycles. The van der Waals surface area contributed by atoms with Crippen LogP contribution in [-0.2, 0) is 6.54 Å². The minimum absolute atomic E-state index is 0.186. The van der Waals surface area contributed by atoms with E-state index in [1.807, 2.05) is 18.2 Å². The Hall–Kier alpha value is -1.85. The molecule has 0 N–H and O–H groups in total. The molecule has 3 rings (SSSR count). The van der Waals surface area contributed by atoms with E-state index in [1.165, 1.54) is 21.3 Å². The lowest BCUT2D eigenvalue weighted by Gasteiger charge is -2.05. The first-order chi connectivity index (χ1) is 11.6. The molecule has 0 aliphatic carbocycles. The summed E-state index contributed by atoms with van der Waals surface area (Å²) in [7, 11) is 0. The van der Waals surface area contributed by atoms with Gasteiger partial charge >= 0.3 is 0 Å². The predicted octanol–water partition coefficient (Wildman–Crippen LogP) is 4.42. The number of rotatable bonds is 4. The summed E-state index contributed by atoms with van der Waals surface area (Å²) < 4.78 is 3.39. The number of aryl methyl sites for hydroxylation is 3. The molecule has 0 spiro atoms. The van der Waals surface area contributed by atoms with E-state index in [9.17, 15) is 4.79 Å². The molecule has 124 valence electrons. The van der Waals surface area contributed by atoms with Crippen molar-refractivity contribution in [2.45, 2.75) is 20.4 Å². The Bertz CT molecular complexity index is 939. The maximum atomic E-state index is 12.5. The number of aromatic nitrogens is 1. The predicted molar refractivity (Wildman–Crippen MR) is 104 cm³/mol. The van der Waals surface area contributed by atoms with Gasteiger partial charge in [-0.25, -0.2) is 0 Å². The molecule has 0 bridgehead atoms. The summed E-state index contributed by atoms with van der Waals surface area (Å²) in [6, 6.07) is 13.6. The minimum Gasteiger partial charge on any atom is -0.315 e. The lowest BCUT2D eigenvalue weighted by Crippen LogP contribution is -2.18. The van der Waals surface area contributed by atoms with Gasteiger partial charge < -0.3 is 4.57 Å². The Morgan fingerprint density at radius 2 is 1.96 bits per heavy atom. The summed E-state index contributed by atoms with van der Waals surface area (Å²) in [5.74, 6) is 0.806. The Labute approximate surface area is 150 Å². The Kier molecular flexibility index (Phi) is 5.21. The van der Waals surface area contributed by atoms with E-state index >= 15 is 0 Å². The van der Waals surface area contributed by atoms with Gasteiger partial charge in [0, 0.05) is 17.9 Å². The van der Waals surface area contributed by atoms with Crippen molar-refractivity contribution >= 4 is 39.2 Å². The van der Waals surface area contributed by atoms with Crippen LogP contribution in [0.5, 0.6) is 0 Å². The topological polar surface area (TPSA) is 34.4 Å². The fourth-order valence-electron chi connectivity index (χ4n) is 2.73. The molecule has 0 saturated carbocycles. The summed E-state index contributed by atoms with van der Waals surface area (Å²) >= 11 is 3.40. The van der Waals surface area contributed by atoms with E-state index in [4.69, 9.17) is 0 Å². The average molecular weight is 357 g/mol. The normalized spacial score (nSPS) is 12.0. The van der Waals surface area contributed by atoms with Crippen LogP contribution in [-0.4, -0.2) is 22.5 Å². The maximum Gasteiger partial charge on any atom is 0.279 e. The van der Waals surface area contributed by atoms with Crippen LogP contribution in [0.4, 0.5) is 0 Å². The average Bonchev–Trinajstić information content (AvgIpc) is 2.91. The summed E-state index contributed by atoms with van der Waals surface area (Å²) in [6.45, 7) is 5.08. The SMILES string of the molecule is CSCCn1c(=NC(=O)c2ccccc2)sc2c(C)cc(C)cc21. The van der Waals surface area contributed by atoms with Crippen LogP contribution in [0.1, 0.15) is 21.5 Å². The van der Waals surface area contributed by atoms with Gasteiger partial charge in [-0.05, 0) is 49.4 Å². The second-order valence-corrected chi connectivity index (χ2v) is 7.71. The zero-order chi connectivity index (χ0) is 17.1. The molecule has 3 nitrogen and oxygen atoms in total. The van der Waals surface area contributed by atoms with Gasteiger partial charge in [0.1, 0.15) is 0 Å². The number of thiazole rings is 1. The molecule has 0 atom stereocenters. The number of fused-ring (bicyclic) bond motifs is 1. The molecule has 0 saturated heterocycles. The molecule has 5 heteroatoms. The third-order valence-electron chi connectivity index (χ3n) is 3.85. The Balaban J connectivity index is 2.17. The lowest BCUT2D eigenvalue weighted by molar-refractivity contribution is 0.0998. The van der Waals surface area contributed by atoms with Crippen LogP contribution in [0.2, 0.25) is 0 Å². The summed E-state index contributed by atoms with van der Waals surface area (Å²) in [5.41, 5.74) is 4.27. The van der Waals surface area contributed by atoms with Crippen molar-refractivity contribution in [2.75, 3.05) is 12.0 Å². The monoisotopic (exact) mass is 356 g/mol. The van der Waals surface area contributed by atoms with Crippen molar-refractivity contribution in [3.63, 3.8) is 0 Å². The Morgan fingerprint density at radius 1 is 1.21 bits per heavy atom. The van der Waals surface area contributed by atoms with Crippen LogP contribution in [0, 0.1) is 13.8 Å². The van der Waals surface area contributed by atoms with E-state index in [0.29, 0.717) is 5.56 Å². The van der Waals surface area contributed by atoms with Crippen molar-refractivity contribution in [1.82, 2.24) is 4.57 Å². The molecule has 0 unspecified atom stereocenters. The number of hydrogen-bond donors (Lipinski definition) is 0. The number of carbonyl (C=O) groups excluding carboxylic acids is 1. The number of carbonyl (C=O) groups is 1. The highest BCUT2D eigenvalue weighted by atomic mass is 32.2. The number of amides is 1. The smallest absolute Gasteiger partial charge is 0.279 e. The minimum atomic E-state index is -0.186. The van der Waals surface area contributed by atoms with Gasteiger partial charge in [-0.3, -0.25) is 4.79 Å². The van der Waals surface area contributed by atoms with Crippen molar-refractivity contribution in [3.05, 3.63) is 64.0 Å². The molecule has 3 aromatic rings. The van der Waals surface area contributed by atoms with Crippen molar-refractivity contribution < 1.29 is 4.79 Å². The highest BCUT2D eigenvalue weighted by Gasteiger charge is 2.11. The number of hydrogen-bond acceptors (Lipinski definition) is 3. The van der Waals surface area contributed by atoms with Crippen LogP contribution in [0.25, 0.3) is 10.2 Å². The largest absolute Gasteiger partial charge is 0.315 e. The fourth-order valence-corrected chi connectivity index (χ4v) is 4.20. The standard InChI is InChI=1S/C19H20N2OS2/c1-13-11-14(2)17-16(12-13)21(9-10-23-3)19(24-17)20-18(22)15-7-5-4-6-8-15/h4-8,11-12H,9-10H2,1-3H3. The van der Waals surface area contributed by atoms with Crippen molar-refractivity contribution in [3.8, 4) is 0 Å². The molecule has 1 aromatic heterocycles.